The lowest BCUT2D eigenvalue weighted by Gasteiger charge is -1.92. The first-order valence-corrected chi connectivity index (χ1v) is 3.28. The van der Waals surface area contributed by atoms with E-state index in [9.17, 15) is 0 Å². The van der Waals surface area contributed by atoms with Gasteiger partial charge in [0.2, 0.25) is 0 Å². The fourth-order valence-corrected chi connectivity index (χ4v) is 0.657. The van der Waals surface area contributed by atoms with E-state index in [2.05, 4.69) is 22.4 Å². The molecule has 0 spiro atoms. The van der Waals surface area contributed by atoms with Crippen molar-refractivity contribution >= 4 is 28.8 Å². The zero-order valence-electron chi connectivity index (χ0n) is 4.91. The highest BCUT2D eigenvalue weighted by Gasteiger charge is 1.96. The van der Waals surface area contributed by atoms with Gasteiger partial charge < -0.3 is 5.73 Å². The summed E-state index contributed by atoms with van der Waals surface area (Å²) in [5, 5.41) is 7.51. The van der Waals surface area contributed by atoms with Gasteiger partial charge in [-0.25, -0.2) is 0 Å². The van der Waals surface area contributed by atoms with Gasteiger partial charge >= 0.3 is 0 Å². The fraction of sp³-hybridized carbons (Fsp3) is 0. The summed E-state index contributed by atoms with van der Waals surface area (Å²) in [5.74, 6) is 0. The maximum Gasteiger partial charge on any atom is 0.151 e. The van der Waals surface area contributed by atoms with Crippen LogP contribution in [0.25, 0.3) is 0 Å². The first kappa shape index (κ1) is 7.37. The third kappa shape index (κ3) is 1.62. The van der Waals surface area contributed by atoms with Gasteiger partial charge in [-0.1, -0.05) is 23.8 Å². The Balaban J connectivity index is 3.00. The Morgan fingerprint density at radius 3 is 2.60 bits per heavy atom. The minimum Gasteiger partial charge on any atom is -0.388 e. The van der Waals surface area contributed by atoms with Crippen LogP contribution < -0.4 is 5.73 Å². The second-order valence-electron chi connectivity index (χ2n) is 1.61. The molecule has 0 unspecified atom stereocenters. The molecular formula is C5H4ClN3S. The molecule has 3 nitrogen and oxygen atoms in total. The molecule has 1 aromatic heterocycles. The lowest BCUT2D eigenvalue weighted by atomic mass is 10.4. The molecule has 1 aromatic rings. The monoisotopic (exact) mass is 173 g/mol. The Hall–Kier alpha value is -0.740. The van der Waals surface area contributed by atoms with Crippen molar-refractivity contribution in [1.82, 2.24) is 10.2 Å². The standard InChI is InChI=1S/C5H4ClN3S/c6-4-2-1-3(5(7)10)8-9-4/h1-2H,(H2,7,10). The normalized spacial score (nSPS) is 9.30. The number of thiocarbonyl (C=S) groups is 1. The minimum atomic E-state index is 0.226. The summed E-state index contributed by atoms with van der Waals surface area (Å²) < 4.78 is 0. The summed E-state index contributed by atoms with van der Waals surface area (Å²) in [6.07, 6.45) is 0. The van der Waals surface area contributed by atoms with Crippen molar-refractivity contribution in [2.24, 2.45) is 5.73 Å². The molecule has 5 heteroatoms. The van der Waals surface area contributed by atoms with Crippen LogP contribution in [0.4, 0.5) is 0 Å². The molecule has 0 aliphatic carbocycles. The molecule has 0 aliphatic heterocycles. The van der Waals surface area contributed by atoms with Crippen LogP contribution >= 0.6 is 23.8 Å². The molecule has 0 radical (unpaired) electrons. The van der Waals surface area contributed by atoms with Crippen LogP contribution in [-0.4, -0.2) is 15.2 Å². The van der Waals surface area contributed by atoms with Crippen LogP contribution in [-0.2, 0) is 0 Å². The molecule has 0 saturated carbocycles. The van der Waals surface area contributed by atoms with Crippen molar-refractivity contribution in [3.8, 4) is 0 Å². The van der Waals surface area contributed by atoms with Crippen molar-refractivity contribution in [2.75, 3.05) is 0 Å². The zero-order valence-corrected chi connectivity index (χ0v) is 6.49. The zero-order chi connectivity index (χ0) is 7.56. The Bertz CT molecular complexity index is 246. The van der Waals surface area contributed by atoms with E-state index in [1.54, 1.807) is 12.1 Å². The average Bonchev–Trinajstić information content (AvgIpc) is 1.88. The van der Waals surface area contributed by atoms with E-state index in [-0.39, 0.29) is 4.99 Å². The van der Waals surface area contributed by atoms with E-state index in [1.165, 1.54) is 0 Å². The quantitative estimate of drug-likeness (QED) is 0.638. The molecular weight excluding hydrogens is 170 g/mol. The smallest absolute Gasteiger partial charge is 0.151 e. The van der Waals surface area contributed by atoms with Gasteiger partial charge in [0.25, 0.3) is 0 Å². The van der Waals surface area contributed by atoms with Crippen LogP contribution in [0.5, 0.6) is 0 Å². The second-order valence-corrected chi connectivity index (χ2v) is 2.43. The summed E-state index contributed by atoms with van der Waals surface area (Å²) in [7, 11) is 0. The van der Waals surface area contributed by atoms with Crippen LogP contribution in [0.1, 0.15) is 5.69 Å². The van der Waals surface area contributed by atoms with E-state index in [4.69, 9.17) is 17.3 Å². The lowest BCUT2D eigenvalue weighted by molar-refractivity contribution is 1.02. The van der Waals surface area contributed by atoms with Crippen molar-refractivity contribution in [2.45, 2.75) is 0 Å². The number of hydrogen-bond donors (Lipinski definition) is 1. The summed E-state index contributed by atoms with van der Waals surface area (Å²) in [6.45, 7) is 0. The SMILES string of the molecule is NC(=S)c1ccc(Cl)nn1. The van der Waals surface area contributed by atoms with Gasteiger partial charge in [-0.15, -0.1) is 10.2 Å². The van der Waals surface area contributed by atoms with Gasteiger partial charge in [0.05, 0.1) is 0 Å². The number of aromatic nitrogens is 2. The van der Waals surface area contributed by atoms with Crippen molar-refractivity contribution < 1.29 is 0 Å². The van der Waals surface area contributed by atoms with Crippen molar-refractivity contribution in [3.63, 3.8) is 0 Å². The molecule has 0 bridgehead atoms. The molecule has 10 heavy (non-hydrogen) atoms. The Kier molecular flexibility index (Phi) is 2.13. The molecule has 0 atom stereocenters. The summed E-state index contributed by atoms with van der Waals surface area (Å²) >= 11 is 10.1. The van der Waals surface area contributed by atoms with Crippen LogP contribution in [0.3, 0.4) is 0 Å². The predicted octanol–water partition coefficient (Wildman–Crippen LogP) is 0.764. The highest BCUT2D eigenvalue weighted by molar-refractivity contribution is 7.80. The number of nitrogens with zero attached hydrogens (tertiary/aromatic N) is 2. The van der Waals surface area contributed by atoms with E-state index >= 15 is 0 Å². The first-order valence-electron chi connectivity index (χ1n) is 2.49. The van der Waals surface area contributed by atoms with Gasteiger partial charge in [0, 0.05) is 0 Å². The summed E-state index contributed by atoms with van der Waals surface area (Å²) in [5.41, 5.74) is 5.74. The van der Waals surface area contributed by atoms with Gasteiger partial charge in [-0.05, 0) is 12.1 Å². The Morgan fingerprint density at radius 2 is 2.20 bits per heavy atom. The Morgan fingerprint density at radius 1 is 1.50 bits per heavy atom. The average molecular weight is 174 g/mol. The fourth-order valence-electron chi connectivity index (χ4n) is 0.447. The number of rotatable bonds is 1. The number of halogens is 1. The molecule has 2 N–H and O–H groups in total. The number of hydrogen-bond acceptors (Lipinski definition) is 3. The van der Waals surface area contributed by atoms with Crippen LogP contribution in [0.2, 0.25) is 5.15 Å². The van der Waals surface area contributed by atoms with Gasteiger partial charge in [0.1, 0.15) is 10.7 Å². The molecule has 52 valence electrons. The molecule has 0 fully saturated rings. The summed E-state index contributed by atoms with van der Waals surface area (Å²) in [6, 6.07) is 3.21. The van der Waals surface area contributed by atoms with E-state index < -0.39 is 0 Å². The third-order valence-electron chi connectivity index (χ3n) is 0.884. The molecule has 0 amide bonds. The Labute approximate surface area is 68.2 Å². The van der Waals surface area contributed by atoms with Crippen LogP contribution in [0, 0.1) is 0 Å². The highest BCUT2D eigenvalue weighted by atomic mass is 35.5. The van der Waals surface area contributed by atoms with Crippen LogP contribution in [0.15, 0.2) is 12.1 Å². The molecule has 0 aromatic carbocycles. The predicted molar refractivity (Wildman–Crippen MR) is 42.9 cm³/mol. The second kappa shape index (κ2) is 2.90. The topological polar surface area (TPSA) is 51.8 Å². The molecule has 0 aliphatic rings. The molecule has 1 heterocycles. The van der Waals surface area contributed by atoms with Crippen molar-refractivity contribution in [3.05, 3.63) is 23.0 Å². The van der Waals surface area contributed by atoms with Crippen molar-refractivity contribution in [1.29, 1.82) is 0 Å². The molecule has 1 rings (SSSR count). The van der Waals surface area contributed by atoms with Gasteiger partial charge in [0.15, 0.2) is 5.15 Å². The minimum absolute atomic E-state index is 0.226. The van der Waals surface area contributed by atoms with E-state index in [0.717, 1.165) is 0 Å². The maximum absolute atomic E-state index is 5.46. The van der Waals surface area contributed by atoms with E-state index in [0.29, 0.717) is 10.8 Å². The third-order valence-corrected chi connectivity index (χ3v) is 1.30. The summed E-state index contributed by atoms with van der Waals surface area (Å²) in [4.78, 5) is 0.226. The first-order chi connectivity index (χ1) is 4.70. The van der Waals surface area contributed by atoms with Gasteiger partial charge in [-0.2, -0.15) is 0 Å². The maximum atomic E-state index is 5.46. The largest absolute Gasteiger partial charge is 0.388 e. The molecule has 0 saturated heterocycles. The highest BCUT2D eigenvalue weighted by Crippen LogP contribution is 2.01. The van der Waals surface area contributed by atoms with E-state index in [1.807, 2.05) is 0 Å². The lowest BCUT2D eigenvalue weighted by Crippen LogP contribution is -2.11. The number of nitrogens with two attached hydrogens (primary N) is 1. The van der Waals surface area contributed by atoms with Gasteiger partial charge in [-0.3, -0.25) is 0 Å².